The van der Waals surface area contributed by atoms with Crippen molar-refractivity contribution in [2.24, 2.45) is 0 Å². The normalized spacial score (nSPS) is 13.8. The molecule has 8 nitrogen and oxygen atoms in total. The number of sulfonamides is 1. The zero-order valence-electron chi connectivity index (χ0n) is 16.0. The fourth-order valence-electron chi connectivity index (χ4n) is 3.36. The summed E-state index contributed by atoms with van der Waals surface area (Å²) in [6.45, 7) is 3.27. The molecule has 0 fully saturated rings. The van der Waals surface area contributed by atoms with Crippen LogP contribution >= 0.6 is 0 Å². The van der Waals surface area contributed by atoms with Crippen LogP contribution in [0.5, 0.6) is 0 Å². The lowest BCUT2D eigenvalue weighted by Crippen LogP contribution is -2.33. The van der Waals surface area contributed by atoms with Crippen LogP contribution in [-0.4, -0.2) is 30.7 Å². The van der Waals surface area contributed by atoms with Gasteiger partial charge in [-0.2, -0.15) is 5.10 Å². The maximum atomic E-state index is 12.6. The zero-order valence-corrected chi connectivity index (χ0v) is 16.8. The van der Waals surface area contributed by atoms with Gasteiger partial charge in [0, 0.05) is 25.2 Å². The third-order valence-electron chi connectivity index (χ3n) is 4.67. The lowest BCUT2D eigenvalue weighted by molar-refractivity contribution is -0.114. The molecule has 2 aromatic rings. The Hall–Kier alpha value is -2.52. The molecule has 9 heteroatoms. The maximum absolute atomic E-state index is 12.6. The Morgan fingerprint density at radius 2 is 1.96 bits per heavy atom. The smallest absolute Gasteiger partial charge is 0.267 e. The number of aromatic nitrogens is 2. The van der Waals surface area contributed by atoms with E-state index in [0.29, 0.717) is 11.3 Å². The van der Waals surface area contributed by atoms with Crippen LogP contribution in [0.4, 0.5) is 5.69 Å². The SMILES string of the molecule is CC(=O)Nc1ccc(S(=O)(=O)NCCn2nc3c(cc2=O)CCCC3)c(C)c1. The van der Waals surface area contributed by atoms with E-state index < -0.39 is 10.0 Å². The number of carbonyl (C=O) groups excluding carboxylic acids is 1. The van der Waals surface area contributed by atoms with Gasteiger partial charge in [-0.05, 0) is 61.9 Å². The molecule has 0 saturated carbocycles. The summed E-state index contributed by atoms with van der Waals surface area (Å²) in [6.07, 6.45) is 3.84. The first kappa shape index (κ1) is 20.2. The summed E-state index contributed by atoms with van der Waals surface area (Å²) >= 11 is 0. The summed E-state index contributed by atoms with van der Waals surface area (Å²) in [4.78, 5) is 23.4. The number of nitrogens with zero attached hydrogens (tertiary/aromatic N) is 2. The monoisotopic (exact) mass is 404 g/mol. The minimum Gasteiger partial charge on any atom is -0.326 e. The fraction of sp³-hybridized carbons (Fsp3) is 0.421. The molecule has 0 saturated heterocycles. The molecule has 0 unspecified atom stereocenters. The Morgan fingerprint density at radius 3 is 2.68 bits per heavy atom. The molecule has 0 bridgehead atoms. The van der Waals surface area contributed by atoms with Crippen molar-refractivity contribution in [3.8, 4) is 0 Å². The Morgan fingerprint density at radius 1 is 1.21 bits per heavy atom. The first-order chi connectivity index (χ1) is 13.3. The van der Waals surface area contributed by atoms with Crippen molar-refractivity contribution < 1.29 is 13.2 Å². The number of rotatable bonds is 6. The van der Waals surface area contributed by atoms with Crippen LogP contribution in [0.2, 0.25) is 0 Å². The third-order valence-corrected chi connectivity index (χ3v) is 6.30. The Bertz CT molecular complexity index is 1060. The van der Waals surface area contributed by atoms with Gasteiger partial charge in [-0.3, -0.25) is 9.59 Å². The second-order valence-corrected chi connectivity index (χ2v) is 8.68. The molecule has 3 rings (SSSR count). The Labute approximate surface area is 164 Å². The lowest BCUT2D eigenvalue weighted by atomic mass is 9.97. The molecule has 28 heavy (non-hydrogen) atoms. The second kappa shape index (κ2) is 8.24. The Balaban J connectivity index is 1.69. The summed E-state index contributed by atoms with van der Waals surface area (Å²) in [5.41, 5.74) is 2.77. The first-order valence-electron chi connectivity index (χ1n) is 9.24. The van der Waals surface area contributed by atoms with Crippen LogP contribution in [-0.2, 0) is 34.2 Å². The Kier molecular flexibility index (Phi) is 5.95. The number of anilines is 1. The van der Waals surface area contributed by atoms with Gasteiger partial charge in [0.2, 0.25) is 15.9 Å². The molecule has 1 amide bonds. The molecule has 0 aliphatic heterocycles. The predicted octanol–water partition coefficient (Wildman–Crippen LogP) is 1.37. The molecular formula is C19H24N4O4S. The van der Waals surface area contributed by atoms with Crippen molar-refractivity contribution in [3.63, 3.8) is 0 Å². The lowest BCUT2D eigenvalue weighted by Gasteiger charge is -2.16. The average Bonchev–Trinajstić information content (AvgIpc) is 2.61. The molecule has 1 heterocycles. The van der Waals surface area contributed by atoms with Gasteiger partial charge in [0.1, 0.15) is 0 Å². The van der Waals surface area contributed by atoms with Crippen molar-refractivity contribution in [1.82, 2.24) is 14.5 Å². The van der Waals surface area contributed by atoms with Gasteiger partial charge in [-0.1, -0.05) is 0 Å². The number of amides is 1. The summed E-state index contributed by atoms with van der Waals surface area (Å²) in [7, 11) is -3.74. The number of aryl methyl sites for hydroxylation is 3. The van der Waals surface area contributed by atoms with E-state index in [9.17, 15) is 18.0 Å². The molecule has 0 radical (unpaired) electrons. The van der Waals surface area contributed by atoms with Gasteiger partial charge >= 0.3 is 0 Å². The van der Waals surface area contributed by atoms with E-state index in [2.05, 4.69) is 15.1 Å². The van der Waals surface area contributed by atoms with Crippen molar-refractivity contribution in [2.75, 3.05) is 11.9 Å². The number of nitrogens with one attached hydrogen (secondary N) is 2. The molecule has 1 aliphatic carbocycles. The van der Waals surface area contributed by atoms with E-state index in [0.717, 1.165) is 36.9 Å². The molecular weight excluding hydrogens is 380 g/mol. The number of hydrogen-bond donors (Lipinski definition) is 2. The highest BCUT2D eigenvalue weighted by molar-refractivity contribution is 7.89. The van der Waals surface area contributed by atoms with Gasteiger partial charge in [0.05, 0.1) is 17.1 Å². The number of carbonyl (C=O) groups is 1. The van der Waals surface area contributed by atoms with Crippen LogP contribution in [0.1, 0.15) is 36.6 Å². The van der Waals surface area contributed by atoms with Crippen LogP contribution in [0.15, 0.2) is 34.0 Å². The molecule has 1 aromatic heterocycles. The summed E-state index contributed by atoms with van der Waals surface area (Å²) in [6, 6.07) is 6.21. The second-order valence-electron chi connectivity index (χ2n) is 6.94. The number of fused-ring (bicyclic) bond motifs is 1. The standard InChI is InChI=1S/C19H24N4O4S/c1-13-11-16(21-14(2)24)7-8-18(13)28(26,27)20-9-10-23-19(25)12-15-5-3-4-6-17(15)22-23/h7-8,11-12,20H,3-6,9-10H2,1-2H3,(H,21,24). The highest BCUT2D eigenvalue weighted by Gasteiger charge is 2.18. The highest BCUT2D eigenvalue weighted by Crippen LogP contribution is 2.20. The van der Waals surface area contributed by atoms with Crippen molar-refractivity contribution in [2.45, 2.75) is 51.0 Å². The van der Waals surface area contributed by atoms with E-state index in [1.165, 1.54) is 17.7 Å². The van der Waals surface area contributed by atoms with E-state index >= 15 is 0 Å². The van der Waals surface area contributed by atoms with Gasteiger partial charge in [-0.15, -0.1) is 0 Å². The molecule has 2 N–H and O–H groups in total. The average molecular weight is 404 g/mol. The topological polar surface area (TPSA) is 110 Å². The molecule has 150 valence electrons. The zero-order chi connectivity index (χ0) is 20.3. The fourth-order valence-corrected chi connectivity index (χ4v) is 4.60. The summed E-state index contributed by atoms with van der Waals surface area (Å²) in [5, 5.41) is 7.01. The summed E-state index contributed by atoms with van der Waals surface area (Å²) < 4.78 is 29.0. The maximum Gasteiger partial charge on any atom is 0.267 e. The van der Waals surface area contributed by atoms with E-state index in [-0.39, 0.29) is 29.5 Å². The molecule has 0 spiro atoms. The quantitative estimate of drug-likeness (QED) is 0.756. The minimum absolute atomic E-state index is 0.0565. The van der Waals surface area contributed by atoms with Crippen LogP contribution < -0.4 is 15.6 Å². The highest BCUT2D eigenvalue weighted by atomic mass is 32.2. The van der Waals surface area contributed by atoms with Crippen molar-refractivity contribution >= 4 is 21.6 Å². The largest absolute Gasteiger partial charge is 0.326 e. The number of hydrogen-bond acceptors (Lipinski definition) is 5. The molecule has 1 aliphatic rings. The van der Waals surface area contributed by atoms with Crippen LogP contribution in [0.25, 0.3) is 0 Å². The molecule has 1 aromatic carbocycles. The van der Waals surface area contributed by atoms with Gasteiger partial charge in [0.25, 0.3) is 5.56 Å². The van der Waals surface area contributed by atoms with E-state index in [1.54, 1.807) is 25.1 Å². The van der Waals surface area contributed by atoms with Gasteiger partial charge in [0.15, 0.2) is 0 Å². The van der Waals surface area contributed by atoms with E-state index in [1.807, 2.05) is 0 Å². The molecule has 0 atom stereocenters. The van der Waals surface area contributed by atoms with Crippen molar-refractivity contribution in [1.29, 1.82) is 0 Å². The summed E-state index contributed by atoms with van der Waals surface area (Å²) in [5.74, 6) is -0.226. The van der Waals surface area contributed by atoms with Gasteiger partial charge < -0.3 is 5.32 Å². The first-order valence-corrected chi connectivity index (χ1v) is 10.7. The van der Waals surface area contributed by atoms with Crippen LogP contribution in [0.3, 0.4) is 0 Å². The minimum atomic E-state index is -3.74. The third kappa shape index (κ3) is 4.66. The van der Waals surface area contributed by atoms with Crippen molar-refractivity contribution in [3.05, 3.63) is 51.4 Å². The van der Waals surface area contributed by atoms with Crippen LogP contribution in [0, 0.1) is 6.92 Å². The van der Waals surface area contributed by atoms with Gasteiger partial charge in [-0.25, -0.2) is 17.8 Å². The predicted molar refractivity (Wildman–Crippen MR) is 106 cm³/mol. The number of benzene rings is 1. The van der Waals surface area contributed by atoms with E-state index in [4.69, 9.17) is 0 Å².